The average Bonchev–Trinajstić information content (AvgIpc) is 2.77. The normalized spacial score (nSPS) is 10.7. The zero-order chi connectivity index (χ0) is 14.1. The van der Waals surface area contributed by atoms with Gasteiger partial charge in [0.05, 0.1) is 11.4 Å². The van der Waals surface area contributed by atoms with E-state index in [9.17, 15) is 0 Å². The van der Waals surface area contributed by atoms with Crippen LogP contribution in [0, 0.1) is 6.92 Å². The van der Waals surface area contributed by atoms with E-state index in [-0.39, 0.29) is 0 Å². The highest BCUT2D eigenvalue weighted by atomic mass is 35.5. The molecule has 2 N–H and O–H groups in total. The molecule has 1 heterocycles. The SMILES string of the molecule is Cc1c(-c2ccc(Cl)cc2)nn(-c2ccccc2)c1N. The molecule has 0 amide bonds. The lowest BCUT2D eigenvalue weighted by Gasteiger charge is -2.02. The standard InChI is InChI=1S/C16H14ClN3/c1-11-15(12-7-9-13(17)10-8-12)19-20(16(11)18)14-5-3-2-4-6-14/h2-10H,18H2,1H3. The predicted molar refractivity (Wildman–Crippen MR) is 83.2 cm³/mol. The van der Waals surface area contributed by atoms with Crippen molar-refractivity contribution in [2.24, 2.45) is 0 Å². The Kier molecular flexibility index (Phi) is 3.20. The van der Waals surface area contributed by atoms with Crippen LogP contribution >= 0.6 is 11.6 Å². The summed E-state index contributed by atoms with van der Waals surface area (Å²) in [7, 11) is 0. The highest BCUT2D eigenvalue weighted by molar-refractivity contribution is 6.30. The number of benzene rings is 2. The van der Waals surface area contributed by atoms with Crippen molar-refractivity contribution < 1.29 is 0 Å². The summed E-state index contributed by atoms with van der Waals surface area (Å²) in [5.74, 6) is 0.654. The quantitative estimate of drug-likeness (QED) is 0.770. The van der Waals surface area contributed by atoms with Gasteiger partial charge in [-0.3, -0.25) is 0 Å². The van der Waals surface area contributed by atoms with E-state index >= 15 is 0 Å². The molecule has 0 atom stereocenters. The van der Waals surface area contributed by atoms with E-state index in [1.54, 1.807) is 4.68 Å². The third kappa shape index (κ3) is 2.17. The molecule has 1 aromatic heterocycles. The first-order chi connectivity index (χ1) is 9.66. The molecule has 0 fully saturated rings. The third-order valence-electron chi connectivity index (χ3n) is 3.29. The van der Waals surface area contributed by atoms with Crippen LogP contribution in [0.25, 0.3) is 16.9 Å². The topological polar surface area (TPSA) is 43.8 Å². The lowest BCUT2D eigenvalue weighted by atomic mass is 10.1. The van der Waals surface area contributed by atoms with Gasteiger partial charge in [0.15, 0.2) is 0 Å². The van der Waals surface area contributed by atoms with E-state index in [0.717, 1.165) is 22.5 Å². The Morgan fingerprint density at radius 3 is 2.30 bits per heavy atom. The molecular weight excluding hydrogens is 270 g/mol. The molecule has 20 heavy (non-hydrogen) atoms. The molecule has 0 saturated heterocycles. The van der Waals surface area contributed by atoms with Crippen molar-refractivity contribution in [2.75, 3.05) is 5.73 Å². The Hall–Kier alpha value is -2.26. The molecule has 2 aromatic carbocycles. The summed E-state index contributed by atoms with van der Waals surface area (Å²) in [6.07, 6.45) is 0. The van der Waals surface area contributed by atoms with Crippen molar-refractivity contribution in [3.63, 3.8) is 0 Å². The second-order valence-corrected chi connectivity index (χ2v) is 5.05. The van der Waals surface area contributed by atoms with Crippen LogP contribution in [0.1, 0.15) is 5.56 Å². The Labute approximate surface area is 122 Å². The van der Waals surface area contributed by atoms with Crippen molar-refractivity contribution in [1.82, 2.24) is 9.78 Å². The second-order valence-electron chi connectivity index (χ2n) is 4.61. The van der Waals surface area contributed by atoms with Crippen LogP contribution in [0.15, 0.2) is 54.6 Å². The summed E-state index contributed by atoms with van der Waals surface area (Å²) in [6, 6.07) is 17.5. The summed E-state index contributed by atoms with van der Waals surface area (Å²) < 4.78 is 1.76. The molecule has 0 spiro atoms. The fourth-order valence-electron chi connectivity index (χ4n) is 2.16. The second kappa shape index (κ2) is 5.02. The fraction of sp³-hybridized carbons (Fsp3) is 0.0625. The summed E-state index contributed by atoms with van der Waals surface area (Å²) in [6.45, 7) is 1.98. The van der Waals surface area contributed by atoms with Gasteiger partial charge in [0.25, 0.3) is 0 Å². The van der Waals surface area contributed by atoms with Gasteiger partial charge >= 0.3 is 0 Å². The molecule has 0 aliphatic heterocycles. The molecule has 3 rings (SSSR count). The van der Waals surface area contributed by atoms with Crippen molar-refractivity contribution >= 4 is 17.4 Å². The van der Waals surface area contributed by atoms with E-state index in [2.05, 4.69) is 5.10 Å². The minimum Gasteiger partial charge on any atom is -0.383 e. The van der Waals surface area contributed by atoms with Gasteiger partial charge in [-0.2, -0.15) is 5.10 Å². The lowest BCUT2D eigenvalue weighted by molar-refractivity contribution is 0.895. The number of nitrogen functional groups attached to an aromatic ring is 1. The zero-order valence-electron chi connectivity index (χ0n) is 11.0. The van der Waals surface area contributed by atoms with Gasteiger partial charge < -0.3 is 5.73 Å². The summed E-state index contributed by atoms with van der Waals surface area (Å²) in [5.41, 5.74) is 9.98. The first-order valence-corrected chi connectivity index (χ1v) is 6.71. The number of rotatable bonds is 2. The minimum atomic E-state index is 0.654. The molecule has 3 aromatic rings. The predicted octanol–water partition coefficient (Wildman–Crippen LogP) is 4.08. The third-order valence-corrected chi connectivity index (χ3v) is 3.54. The number of hydrogen-bond donors (Lipinski definition) is 1. The molecule has 0 aliphatic rings. The number of nitrogens with two attached hydrogens (primary N) is 1. The summed E-state index contributed by atoms with van der Waals surface area (Å²) in [5, 5.41) is 5.34. The molecule has 0 aliphatic carbocycles. The van der Waals surface area contributed by atoms with Crippen LogP contribution in [0.5, 0.6) is 0 Å². The Morgan fingerprint density at radius 1 is 1.00 bits per heavy atom. The fourth-order valence-corrected chi connectivity index (χ4v) is 2.28. The Morgan fingerprint density at radius 2 is 1.65 bits per heavy atom. The van der Waals surface area contributed by atoms with Gasteiger partial charge in [0.1, 0.15) is 5.82 Å². The van der Waals surface area contributed by atoms with Crippen LogP contribution in [0.3, 0.4) is 0 Å². The number of hydrogen-bond acceptors (Lipinski definition) is 2. The van der Waals surface area contributed by atoms with Crippen LogP contribution in [0.2, 0.25) is 5.02 Å². The summed E-state index contributed by atoms with van der Waals surface area (Å²) in [4.78, 5) is 0. The zero-order valence-corrected chi connectivity index (χ0v) is 11.8. The highest BCUT2D eigenvalue weighted by Gasteiger charge is 2.14. The molecular formula is C16H14ClN3. The summed E-state index contributed by atoms with van der Waals surface area (Å²) >= 11 is 5.92. The molecule has 4 heteroatoms. The maximum Gasteiger partial charge on any atom is 0.130 e. The van der Waals surface area contributed by atoms with Crippen molar-refractivity contribution in [1.29, 1.82) is 0 Å². The molecule has 0 unspecified atom stereocenters. The van der Waals surface area contributed by atoms with Gasteiger partial charge in [-0.15, -0.1) is 0 Å². The Bertz CT molecular complexity index is 730. The Balaban J connectivity index is 2.13. The van der Waals surface area contributed by atoms with Gasteiger partial charge in [-0.1, -0.05) is 41.9 Å². The van der Waals surface area contributed by atoms with Gasteiger partial charge in [-0.25, -0.2) is 4.68 Å². The van der Waals surface area contributed by atoms with Crippen molar-refractivity contribution in [3.05, 3.63) is 65.2 Å². The largest absolute Gasteiger partial charge is 0.383 e. The van der Waals surface area contributed by atoms with E-state index in [0.29, 0.717) is 10.8 Å². The van der Waals surface area contributed by atoms with Crippen LogP contribution in [-0.2, 0) is 0 Å². The first kappa shape index (κ1) is 12.8. The van der Waals surface area contributed by atoms with Gasteiger partial charge in [0, 0.05) is 16.1 Å². The minimum absolute atomic E-state index is 0.654. The monoisotopic (exact) mass is 283 g/mol. The van der Waals surface area contributed by atoms with Crippen molar-refractivity contribution in [2.45, 2.75) is 6.92 Å². The number of anilines is 1. The number of para-hydroxylation sites is 1. The lowest BCUT2D eigenvalue weighted by Crippen LogP contribution is -2.01. The average molecular weight is 284 g/mol. The molecule has 3 nitrogen and oxygen atoms in total. The smallest absolute Gasteiger partial charge is 0.130 e. The molecule has 0 saturated carbocycles. The first-order valence-electron chi connectivity index (χ1n) is 6.33. The molecule has 0 bridgehead atoms. The number of aromatic nitrogens is 2. The maximum atomic E-state index is 6.18. The van der Waals surface area contributed by atoms with E-state index < -0.39 is 0 Å². The molecule has 100 valence electrons. The van der Waals surface area contributed by atoms with E-state index in [1.807, 2.05) is 61.5 Å². The van der Waals surface area contributed by atoms with E-state index in [1.165, 1.54) is 0 Å². The molecule has 0 radical (unpaired) electrons. The van der Waals surface area contributed by atoms with Crippen molar-refractivity contribution in [3.8, 4) is 16.9 Å². The number of nitrogens with zero attached hydrogens (tertiary/aromatic N) is 2. The highest BCUT2D eigenvalue weighted by Crippen LogP contribution is 2.29. The maximum absolute atomic E-state index is 6.18. The van der Waals surface area contributed by atoms with E-state index in [4.69, 9.17) is 17.3 Å². The van der Waals surface area contributed by atoms with Crippen LogP contribution in [0.4, 0.5) is 5.82 Å². The van der Waals surface area contributed by atoms with Gasteiger partial charge in [-0.05, 0) is 31.2 Å². The van der Waals surface area contributed by atoms with Crippen LogP contribution < -0.4 is 5.73 Å². The van der Waals surface area contributed by atoms with Crippen LogP contribution in [-0.4, -0.2) is 9.78 Å². The van der Waals surface area contributed by atoms with Gasteiger partial charge in [0.2, 0.25) is 0 Å². The number of halogens is 1.